The lowest BCUT2D eigenvalue weighted by molar-refractivity contribution is 0.102. The molecule has 1 amide bonds. The maximum absolute atomic E-state index is 13.2. The minimum Gasteiger partial charge on any atom is -0.361 e. The molecule has 0 radical (unpaired) electrons. The fourth-order valence-electron chi connectivity index (χ4n) is 4.59. The number of carbonyl (C=O) groups excluding carboxylic acids is 1. The average molecular weight is 477 g/mol. The molecule has 1 atom stereocenters. The van der Waals surface area contributed by atoms with E-state index in [1.165, 1.54) is 24.3 Å². The maximum Gasteiger partial charge on any atom is 0.259 e. The molecule has 34 heavy (non-hydrogen) atoms. The molecule has 0 spiro atoms. The second kappa shape index (κ2) is 8.68. The Balaban J connectivity index is 1.47. The summed E-state index contributed by atoms with van der Waals surface area (Å²) in [5, 5.41) is 3.66. The zero-order valence-corrected chi connectivity index (χ0v) is 20.1. The second-order valence-corrected chi connectivity index (χ2v) is 9.85. The first-order valence-corrected chi connectivity index (χ1v) is 12.1. The number of nitrogens with one attached hydrogen (secondary N) is 2. The van der Waals surface area contributed by atoms with Gasteiger partial charge in [0.1, 0.15) is 16.5 Å². The summed E-state index contributed by atoms with van der Waals surface area (Å²) in [6, 6.07) is 11.2. The molecule has 2 aromatic heterocycles. The Kier molecular flexibility index (Phi) is 5.69. The summed E-state index contributed by atoms with van der Waals surface area (Å²) < 4.78 is 13.2. The number of fused-ring (bicyclic) bond motifs is 2. The highest BCUT2D eigenvalue weighted by Crippen LogP contribution is 2.37. The Morgan fingerprint density at radius 2 is 1.97 bits per heavy atom. The molecule has 0 fully saturated rings. The molecule has 4 aromatic rings. The van der Waals surface area contributed by atoms with Crippen LogP contribution in [0.1, 0.15) is 51.6 Å². The summed E-state index contributed by atoms with van der Waals surface area (Å²) >= 11 is 1.54. The van der Waals surface area contributed by atoms with Gasteiger partial charge >= 0.3 is 0 Å². The summed E-state index contributed by atoms with van der Waals surface area (Å²) in [5.41, 5.74) is 4.07. The first kappa shape index (κ1) is 22.3. The predicted molar refractivity (Wildman–Crippen MR) is 135 cm³/mol. The van der Waals surface area contributed by atoms with Gasteiger partial charge in [0.05, 0.1) is 11.4 Å². The van der Waals surface area contributed by atoms with Crippen molar-refractivity contribution in [2.75, 3.05) is 16.8 Å². The van der Waals surface area contributed by atoms with Crippen LogP contribution < -0.4 is 15.8 Å². The monoisotopic (exact) mass is 476 g/mol. The minimum absolute atomic E-state index is 0.105. The smallest absolute Gasteiger partial charge is 0.259 e. The van der Waals surface area contributed by atoms with Crippen molar-refractivity contribution in [1.82, 2.24) is 9.97 Å². The van der Waals surface area contributed by atoms with Crippen molar-refractivity contribution in [3.63, 3.8) is 0 Å². The third-order valence-electron chi connectivity index (χ3n) is 6.56. The molecular formula is C26H25FN4O2S. The quantitative estimate of drug-likeness (QED) is 0.407. The Labute approximate surface area is 200 Å². The average Bonchev–Trinajstić information content (AvgIpc) is 3.12. The van der Waals surface area contributed by atoms with E-state index < -0.39 is 0 Å². The predicted octanol–water partition coefficient (Wildman–Crippen LogP) is 5.51. The third kappa shape index (κ3) is 3.88. The number of benzene rings is 2. The maximum atomic E-state index is 13.2. The molecule has 8 heteroatoms. The Bertz CT molecular complexity index is 1460. The topological polar surface area (TPSA) is 78.1 Å². The minimum atomic E-state index is -0.379. The first-order valence-electron chi connectivity index (χ1n) is 11.3. The van der Waals surface area contributed by atoms with Gasteiger partial charge in [-0.15, -0.1) is 11.3 Å². The SMILES string of the molecule is Cc1sc2nc(C(C)N3CCCc4c(NC(=O)c5ccc(F)cc5)cccc43)[nH]c(=O)c2c1C. The van der Waals surface area contributed by atoms with Gasteiger partial charge in [-0.25, -0.2) is 9.37 Å². The number of carbonyl (C=O) groups is 1. The lowest BCUT2D eigenvalue weighted by Crippen LogP contribution is -2.34. The number of rotatable bonds is 4. The number of halogens is 1. The molecule has 1 aliphatic rings. The number of nitrogens with zero attached hydrogens (tertiary/aromatic N) is 2. The molecule has 0 aliphatic carbocycles. The van der Waals surface area contributed by atoms with Crippen molar-refractivity contribution in [2.24, 2.45) is 0 Å². The van der Waals surface area contributed by atoms with E-state index in [4.69, 9.17) is 4.98 Å². The number of aromatic nitrogens is 2. The van der Waals surface area contributed by atoms with Crippen LogP contribution in [-0.2, 0) is 6.42 Å². The molecule has 3 heterocycles. The van der Waals surface area contributed by atoms with Crippen LogP contribution in [0.4, 0.5) is 15.8 Å². The fraction of sp³-hybridized carbons (Fsp3) is 0.269. The van der Waals surface area contributed by atoms with Gasteiger partial charge in [-0.05, 0) is 81.1 Å². The fourth-order valence-corrected chi connectivity index (χ4v) is 5.62. The van der Waals surface area contributed by atoms with E-state index >= 15 is 0 Å². The zero-order chi connectivity index (χ0) is 24.0. The zero-order valence-electron chi connectivity index (χ0n) is 19.2. The number of anilines is 2. The van der Waals surface area contributed by atoms with E-state index in [0.717, 1.165) is 51.6 Å². The van der Waals surface area contributed by atoms with Crippen LogP contribution in [0.25, 0.3) is 10.2 Å². The Morgan fingerprint density at radius 3 is 2.74 bits per heavy atom. The molecule has 0 saturated heterocycles. The summed E-state index contributed by atoms with van der Waals surface area (Å²) in [6.07, 6.45) is 1.73. The standard InChI is InChI=1S/C26H25FN4O2S/c1-14-16(3)34-26-22(14)25(33)29-23(30-26)15(2)31-13-5-6-19-20(7-4-8-21(19)31)28-24(32)17-9-11-18(27)12-10-17/h4,7-12,15H,5-6,13H2,1-3H3,(H,28,32)(H,29,30,33). The van der Waals surface area contributed by atoms with Gasteiger partial charge in [0, 0.05) is 28.4 Å². The van der Waals surface area contributed by atoms with Gasteiger partial charge in [-0.1, -0.05) is 6.07 Å². The molecule has 1 unspecified atom stereocenters. The molecule has 1 aliphatic heterocycles. The van der Waals surface area contributed by atoms with Gasteiger partial charge in [0.25, 0.3) is 11.5 Å². The van der Waals surface area contributed by atoms with E-state index in [1.807, 2.05) is 39.0 Å². The highest BCUT2D eigenvalue weighted by atomic mass is 32.1. The Hall–Kier alpha value is -3.52. The van der Waals surface area contributed by atoms with Crippen LogP contribution in [0.5, 0.6) is 0 Å². The molecule has 174 valence electrons. The first-order chi connectivity index (χ1) is 16.3. The number of H-pyrrole nitrogens is 1. The number of aryl methyl sites for hydroxylation is 2. The Morgan fingerprint density at radius 1 is 1.21 bits per heavy atom. The van der Waals surface area contributed by atoms with Crippen molar-refractivity contribution in [3.8, 4) is 0 Å². The number of thiophene rings is 1. The van der Waals surface area contributed by atoms with Gasteiger partial charge in [-0.3, -0.25) is 9.59 Å². The number of hydrogen-bond donors (Lipinski definition) is 2. The molecule has 0 saturated carbocycles. The highest BCUT2D eigenvalue weighted by Gasteiger charge is 2.27. The molecule has 5 rings (SSSR count). The second-order valence-electron chi connectivity index (χ2n) is 8.65. The van der Waals surface area contributed by atoms with Crippen LogP contribution in [-0.4, -0.2) is 22.4 Å². The largest absolute Gasteiger partial charge is 0.361 e. The molecule has 0 bridgehead atoms. The van der Waals surface area contributed by atoms with Crippen LogP contribution >= 0.6 is 11.3 Å². The lowest BCUT2D eigenvalue weighted by atomic mass is 9.97. The highest BCUT2D eigenvalue weighted by molar-refractivity contribution is 7.18. The van der Waals surface area contributed by atoms with E-state index in [0.29, 0.717) is 16.8 Å². The summed E-state index contributed by atoms with van der Waals surface area (Å²) in [5.74, 6) is -0.0261. The molecule has 2 aromatic carbocycles. The van der Waals surface area contributed by atoms with Crippen LogP contribution in [0.2, 0.25) is 0 Å². The van der Waals surface area contributed by atoms with Gasteiger partial charge in [0.15, 0.2) is 0 Å². The number of hydrogen-bond acceptors (Lipinski definition) is 5. The van der Waals surface area contributed by atoms with Crippen LogP contribution in [0, 0.1) is 19.7 Å². The van der Waals surface area contributed by atoms with E-state index in [-0.39, 0.29) is 23.3 Å². The molecule has 6 nitrogen and oxygen atoms in total. The normalized spacial score (nSPS) is 14.2. The van der Waals surface area contributed by atoms with Gasteiger partial charge in [0.2, 0.25) is 0 Å². The molecule has 2 N–H and O–H groups in total. The van der Waals surface area contributed by atoms with Crippen LogP contribution in [0.15, 0.2) is 47.3 Å². The van der Waals surface area contributed by atoms with Crippen LogP contribution in [0.3, 0.4) is 0 Å². The summed E-state index contributed by atoms with van der Waals surface area (Å²) in [7, 11) is 0. The van der Waals surface area contributed by atoms with Gasteiger partial charge < -0.3 is 15.2 Å². The summed E-state index contributed by atoms with van der Waals surface area (Å²) in [4.78, 5) is 37.5. The van der Waals surface area contributed by atoms with E-state index in [9.17, 15) is 14.0 Å². The molecular weight excluding hydrogens is 451 g/mol. The number of aromatic amines is 1. The van der Waals surface area contributed by atoms with E-state index in [1.54, 1.807) is 11.3 Å². The van der Waals surface area contributed by atoms with Gasteiger partial charge in [-0.2, -0.15) is 0 Å². The summed E-state index contributed by atoms with van der Waals surface area (Å²) in [6.45, 7) is 6.81. The number of amides is 1. The van der Waals surface area contributed by atoms with Crippen molar-refractivity contribution in [3.05, 3.63) is 86.0 Å². The van der Waals surface area contributed by atoms with Crippen molar-refractivity contribution in [2.45, 2.75) is 39.7 Å². The lowest BCUT2D eigenvalue weighted by Gasteiger charge is -2.36. The third-order valence-corrected chi connectivity index (χ3v) is 7.66. The van der Waals surface area contributed by atoms with E-state index in [2.05, 4.69) is 15.2 Å². The van der Waals surface area contributed by atoms with Crippen molar-refractivity contribution in [1.29, 1.82) is 0 Å². The van der Waals surface area contributed by atoms with Crippen molar-refractivity contribution < 1.29 is 9.18 Å². The van der Waals surface area contributed by atoms with Crippen molar-refractivity contribution >= 4 is 38.8 Å².